The Morgan fingerprint density at radius 2 is 2.09 bits per heavy atom. The van der Waals surface area contributed by atoms with E-state index in [0.29, 0.717) is 19.4 Å². The Morgan fingerprint density at radius 3 is 2.86 bits per heavy atom. The van der Waals surface area contributed by atoms with Crippen molar-refractivity contribution in [3.8, 4) is 0 Å². The predicted molar refractivity (Wildman–Crippen MR) is 84.9 cm³/mol. The number of hydrogen-bond donors (Lipinski definition) is 0. The van der Waals surface area contributed by atoms with Crippen LogP contribution >= 0.6 is 0 Å². The molecule has 4 heteroatoms. The Bertz CT molecular complexity index is 729. The standard InChI is InChI=1S/C18H21NO3/c1-3-10-22-18(21)11-14-13-6-4-5-7-15(13)19-12(2)17(20)9-8-16(14)19/h4-7,12H,3,8-11H2,1-2H3. The van der Waals surface area contributed by atoms with Crippen LogP contribution in [0.15, 0.2) is 24.3 Å². The lowest BCUT2D eigenvalue weighted by atomic mass is 9.99. The van der Waals surface area contributed by atoms with Gasteiger partial charge in [0, 0.05) is 23.0 Å². The first-order valence-corrected chi connectivity index (χ1v) is 7.92. The normalized spacial score (nSPS) is 17.5. The maximum atomic E-state index is 12.1. The first kappa shape index (κ1) is 14.8. The van der Waals surface area contributed by atoms with E-state index in [-0.39, 0.29) is 24.2 Å². The minimum atomic E-state index is -0.189. The van der Waals surface area contributed by atoms with Crippen LogP contribution in [-0.2, 0) is 27.2 Å². The van der Waals surface area contributed by atoms with E-state index in [1.165, 1.54) is 0 Å². The SMILES string of the molecule is CCCOC(=O)Cc1c2n(c3ccccc13)C(C)C(=O)CC2. The zero-order valence-electron chi connectivity index (χ0n) is 13.1. The van der Waals surface area contributed by atoms with Crippen LogP contribution in [0.25, 0.3) is 10.9 Å². The Hall–Kier alpha value is -2.10. The van der Waals surface area contributed by atoms with Crippen LogP contribution in [0.5, 0.6) is 0 Å². The summed E-state index contributed by atoms with van der Waals surface area (Å²) in [5.41, 5.74) is 3.18. The molecule has 0 aliphatic carbocycles. The lowest BCUT2D eigenvalue weighted by molar-refractivity contribution is -0.142. The average molecular weight is 299 g/mol. The molecule has 0 fully saturated rings. The van der Waals surface area contributed by atoms with Gasteiger partial charge in [-0.25, -0.2) is 0 Å². The fraction of sp³-hybridized carbons (Fsp3) is 0.444. The van der Waals surface area contributed by atoms with E-state index < -0.39 is 0 Å². The number of para-hydroxylation sites is 1. The van der Waals surface area contributed by atoms with Gasteiger partial charge in [0.25, 0.3) is 0 Å². The highest BCUT2D eigenvalue weighted by atomic mass is 16.5. The third-order valence-electron chi connectivity index (χ3n) is 4.38. The molecule has 1 atom stereocenters. The van der Waals surface area contributed by atoms with Crippen LogP contribution in [0.1, 0.15) is 44.0 Å². The van der Waals surface area contributed by atoms with Gasteiger partial charge < -0.3 is 9.30 Å². The molecule has 0 saturated carbocycles. The number of ether oxygens (including phenoxy) is 1. The van der Waals surface area contributed by atoms with Crippen molar-refractivity contribution in [3.05, 3.63) is 35.5 Å². The molecule has 0 saturated heterocycles. The van der Waals surface area contributed by atoms with Crippen molar-refractivity contribution in [1.29, 1.82) is 0 Å². The molecule has 1 aliphatic heterocycles. The minimum Gasteiger partial charge on any atom is -0.465 e. The highest BCUT2D eigenvalue weighted by Crippen LogP contribution is 2.34. The van der Waals surface area contributed by atoms with Gasteiger partial charge in [-0.05, 0) is 31.4 Å². The van der Waals surface area contributed by atoms with E-state index in [9.17, 15) is 9.59 Å². The van der Waals surface area contributed by atoms with Gasteiger partial charge in [0.05, 0.1) is 19.1 Å². The van der Waals surface area contributed by atoms with E-state index in [4.69, 9.17) is 4.74 Å². The zero-order valence-corrected chi connectivity index (χ0v) is 13.1. The Morgan fingerprint density at radius 1 is 1.32 bits per heavy atom. The zero-order chi connectivity index (χ0) is 15.7. The third kappa shape index (κ3) is 2.43. The summed E-state index contributed by atoms with van der Waals surface area (Å²) < 4.78 is 7.34. The number of benzene rings is 1. The first-order chi connectivity index (χ1) is 10.6. The molecule has 2 heterocycles. The molecule has 1 aromatic carbocycles. The molecule has 22 heavy (non-hydrogen) atoms. The second-order valence-electron chi connectivity index (χ2n) is 5.85. The maximum absolute atomic E-state index is 12.1. The van der Waals surface area contributed by atoms with Crippen molar-refractivity contribution in [3.63, 3.8) is 0 Å². The van der Waals surface area contributed by atoms with E-state index >= 15 is 0 Å². The van der Waals surface area contributed by atoms with Gasteiger partial charge in [0.1, 0.15) is 0 Å². The van der Waals surface area contributed by atoms with E-state index in [0.717, 1.165) is 28.6 Å². The number of aromatic nitrogens is 1. The molecular weight excluding hydrogens is 278 g/mol. The second kappa shape index (κ2) is 5.95. The van der Waals surface area contributed by atoms with Crippen LogP contribution in [0, 0.1) is 0 Å². The molecule has 3 rings (SSSR count). The van der Waals surface area contributed by atoms with E-state index in [1.807, 2.05) is 38.1 Å². The summed E-state index contributed by atoms with van der Waals surface area (Å²) in [6.45, 7) is 4.38. The highest BCUT2D eigenvalue weighted by molar-refractivity contribution is 5.93. The molecule has 0 N–H and O–H groups in total. The van der Waals surface area contributed by atoms with Crippen LogP contribution in [0.2, 0.25) is 0 Å². The molecule has 0 bridgehead atoms. The topological polar surface area (TPSA) is 48.3 Å². The van der Waals surface area contributed by atoms with Crippen LogP contribution in [-0.4, -0.2) is 22.9 Å². The van der Waals surface area contributed by atoms with E-state index in [1.54, 1.807) is 0 Å². The first-order valence-electron chi connectivity index (χ1n) is 7.92. The number of fused-ring (bicyclic) bond motifs is 3. The molecule has 1 aliphatic rings. The highest BCUT2D eigenvalue weighted by Gasteiger charge is 2.29. The monoisotopic (exact) mass is 299 g/mol. The van der Waals surface area contributed by atoms with Gasteiger partial charge in [-0.3, -0.25) is 9.59 Å². The van der Waals surface area contributed by atoms with Gasteiger partial charge in [-0.2, -0.15) is 0 Å². The van der Waals surface area contributed by atoms with Crippen molar-refractivity contribution in [2.75, 3.05) is 6.61 Å². The summed E-state index contributed by atoms with van der Waals surface area (Å²) in [5, 5.41) is 1.06. The van der Waals surface area contributed by atoms with Crippen LogP contribution in [0.3, 0.4) is 0 Å². The molecule has 0 spiro atoms. The molecule has 0 amide bonds. The van der Waals surface area contributed by atoms with Crippen molar-refractivity contribution in [1.82, 2.24) is 4.57 Å². The Kier molecular flexibility index (Phi) is 4.01. The third-order valence-corrected chi connectivity index (χ3v) is 4.38. The fourth-order valence-corrected chi connectivity index (χ4v) is 3.30. The fourth-order valence-electron chi connectivity index (χ4n) is 3.30. The Labute approximate surface area is 130 Å². The smallest absolute Gasteiger partial charge is 0.310 e. The lowest BCUT2D eigenvalue weighted by Crippen LogP contribution is -2.25. The average Bonchev–Trinajstić information content (AvgIpc) is 2.84. The van der Waals surface area contributed by atoms with Gasteiger partial charge in [-0.1, -0.05) is 25.1 Å². The summed E-state index contributed by atoms with van der Waals surface area (Å²) in [7, 11) is 0. The number of Topliss-reactive ketones (excluding diaryl/α,β-unsaturated/α-hetero) is 1. The lowest BCUT2D eigenvalue weighted by Gasteiger charge is -2.23. The summed E-state index contributed by atoms with van der Waals surface area (Å²) in [4.78, 5) is 24.1. The quantitative estimate of drug-likeness (QED) is 0.814. The molecule has 1 aromatic heterocycles. The maximum Gasteiger partial charge on any atom is 0.310 e. The Balaban J connectivity index is 2.07. The van der Waals surface area contributed by atoms with E-state index in [2.05, 4.69) is 4.57 Å². The molecule has 1 unspecified atom stereocenters. The number of esters is 1. The number of rotatable bonds is 4. The van der Waals surface area contributed by atoms with Crippen molar-refractivity contribution in [2.24, 2.45) is 0 Å². The van der Waals surface area contributed by atoms with Crippen molar-refractivity contribution < 1.29 is 14.3 Å². The van der Waals surface area contributed by atoms with Gasteiger partial charge in [0.15, 0.2) is 5.78 Å². The van der Waals surface area contributed by atoms with Gasteiger partial charge >= 0.3 is 5.97 Å². The minimum absolute atomic E-state index is 0.158. The van der Waals surface area contributed by atoms with Crippen LogP contribution in [0.4, 0.5) is 0 Å². The molecule has 4 nitrogen and oxygen atoms in total. The number of nitrogens with zero attached hydrogens (tertiary/aromatic N) is 1. The summed E-state index contributed by atoms with van der Waals surface area (Å²) in [5.74, 6) is 0.0684. The molecule has 116 valence electrons. The summed E-state index contributed by atoms with van der Waals surface area (Å²) in [6.07, 6.45) is 2.36. The number of ketones is 1. The van der Waals surface area contributed by atoms with Crippen LogP contribution < -0.4 is 0 Å². The van der Waals surface area contributed by atoms with Gasteiger partial charge in [0.2, 0.25) is 0 Å². The number of hydrogen-bond acceptors (Lipinski definition) is 3. The second-order valence-corrected chi connectivity index (χ2v) is 5.85. The summed E-state index contributed by atoms with van der Waals surface area (Å²) in [6, 6.07) is 7.84. The summed E-state index contributed by atoms with van der Waals surface area (Å²) >= 11 is 0. The van der Waals surface area contributed by atoms with Gasteiger partial charge in [-0.15, -0.1) is 0 Å². The number of carbonyl (C=O) groups excluding carboxylic acids is 2. The van der Waals surface area contributed by atoms with Crippen molar-refractivity contribution >= 4 is 22.7 Å². The van der Waals surface area contributed by atoms with Crippen molar-refractivity contribution in [2.45, 2.75) is 45.6 Å². The molecule has 2 aromatic rings. The molecule has 0 radical (unpaired) electrons. The molecular formula is C18H21NO3. The number of carbonyl (C=O) groups is 2. The predicted octanol–water partition coefficient (Wildman–Crippen LogP) is 3.21. The largest absolute Gasteiger partial charge is 0.465 e.